The Balaban J connectivity index is 1.80. The van der Waals surface area contributed by atoms with Gasteiger partial charge in [-0.2, -0.15) is 5.48 Å². The lowest BCUT2D eigenvalue weighted by atomic mass is 10.0. The van der Waals surface area contributed by atoms with Crippen LogP contribution in [0.1, 0.15) is 34.5 Å². The summed E-state index contributed by atoms with van der Waals surface area (Å²) in [6.45, 7) is 2.72. The van der Waals surface area contributed by atoms with Gasteiger partial charge in [-0.15, -0.1) is 0 Å². The number of aromatic hydroxyl groups is 1. The maximum absolute atomic E-state index is 12.1. The normalized spacial score (nSPS) is 10.4. The van der Waals surface area contributed by atoms with Gasteiger partial charge in [-0.25, -0.2) is 9.97 Å². The zero-order valence-corrected chi connectivity index (χ0v) is 15.5. The van der Waals surface area contributed by atoms with Crippen molar-refractivity contribution < 1.29 is 19.5 Å². The Morgan fingerprint density at radius 2 is 1.64 bits per heavy atom. The van der Waals surface area contributed by atoms with Crippen molar-refractivity contribution in [1.82, 2.24) is 15.4 Å². The Morgan fingerprint density at radius 3 is 2.29 bits per heavy atom. The molecule has 3 aromatic rings. The largest absolute Gasteiger partial charge is 0.504 e. The van der Waals surface area contributed by atoms with Crippen LogP contribution in [0.5, 0.6) is 5.75 Å². The van der Waals surface area contributed by atoms with Gasteiger partial charge in [0.2, 0.25) is 0 Å². The van der Waals surface area contributed by atoms with Crippen LogP contribution in [0.25, 0.3) is 11.1 Å². The van der Waals surface area contributed by atoms with E-state index in [9.17, 15) is 14.7 Å². The summed E-state index contributed by atoms with van der Waals surface area (Å²) < 4.78 is 0. The highest BCUT2D eigenvalue weighted by Gasteiger charge is 2.19. The number of benzene rings is 2. The van der Waals surface area contributed by atoms with Crippen molar-refractivity contribution in [2.75, 3.05) is 0 Å². The van der Waals surface area contributed by atoms with Crippen LogP contribution in [0, 0.1) is 6.92 Å². The molecule has 7 nitrogen and oxygen atoms in total. The molecule has 7 heteroatoms. The van der Waals surface area contributed by atoms with Gasteiger partial charge in [-0.3, -0.25) is 9.59 Å². The van der Waals surface area contributed by atoms with E-state index in [1.165, 1.54) is 0 Å². The van der Waals surface area contributed by atoms with Crippen LogP contribution >= 0.6 is 0 Å². The van der Waals surface area contributed by atoms with Crippen molar-refractivity contribution in [2.45, 2.75) is 20.3 Å². The topological polar surface area (TPSA) is 101 Å². The van der Waals surface area contributed by atoms with Crippen molar-refractivity contribution in [1.29, 1.82) is 0 Å². The van der Waals surface area contributed by atoms with Crippen LogP contribution in [-0.4, -0.2) is 27.0 Å². The summed E-state index contributed by atoms with van der Waals surface area (Å²) in [6.07, 6.45) is 0.379. The SMILES string of the molecule is CC(=O)ONC(=O)c1nc(Cc2ccc(-c3ccccc3)cc2)nc(C)c1O. The lowest BCUT2D eigenvalue weighted by Gasteiger charge is -2.09. The number of nitrogens with zero attached hydrogens (tertiary/aromatic N) is 2. The average molecular weight is 377 g/mol. The minimum absolute atomic E-state index is 0.246. The molecule has 0 atom stereocenters. The van der Waals surface area contributed by atoms with E-state index in [2.05, 4.69) is 14.8 Å². The molecule has 0 aliphatic heterocycles. The standard InChI is InChI=1S/C21H19N3O4/c1-13-20(26)19(21(27)24-28-14(2)25)23-18(22-13)12-15-8-10-17(11-9-15)16-6-4-3-5-7-16/h3-11,26H,12H2,1-2H3,(H,24,27). The highest BCUT2D eigenvalue weighted by atomic mass is 16.7. The third kappa shape index (κ3) is 4.50. The van der Waals surface area contributed by atoms with E-state index in [0.29, 0.717) is 12.2 Å². The molecule has 0 bridgehead atoms. The maximum Gasteiger partial charge on any atom is 0.329 e. The van der Waals surface area contributed by atoms with Gasteiger partial charge in [0, 0.05) is 13.3 Å². The van der Waals surface area contributed by atoms with Crippen LogP contribution in [-0.2, 0) is 16.1 Å². The van der Waals surface area contributed by atoms with Gasteiger partial charge in [-0.1, -0.05) is 54.6 Å². The van der Waals surface area contributed by atoms with Gasteiger partial charge in [0.05, 0.1) is 5.69 Å². The van der Waals surface area contributed by atoms with Crippen LogP contribution in [0.3, 0.4) is 0 Å². The number of aromatic nitrogens is 2. The van der Waals surface area contributed by atoms with Crippen molar-refractivity contribution in [3.05, 3.63) is 77.4 Å². The monoisotopic (exact) mass is 377 g/mol. The third-order valence-corrected chi connectivity index (χ3v) is 4.03. The molecule has 0 saturated heterocycles. The molecule has 1 heterocycles. The number of rotatable bonds is 4. The number of nitrogens with one attached hydrogen (secondary N) is 1. The molecular formula is C21H19N3O4. The molecule has 0 unspecified atom stereocenters. The first kappa shape index (κ1) is 19.0. The first-order valence-electron chi connectivity index (χ1n) is 8.62. The van der Waals surface area contributed by atoms with Gasteiger partial charge in [0.15, 0.2) is 11.4 Å². The molecule has 28 heavy (non-hydrogen) atoms. The van der Waals surface area contributed by atoms with E-state index in [4.69, 9.17) is 0 Å². The second kappa shape index (κ2) is 8.30. The third-order valence-electron chi connectivity index (χ3n) is 4.03. The zero-order valence-electron chi connectivity index (χ0n) is 15.5. The number of carbonyl (C=O) groups is 2. The molecule has 1 aromatic heterocycles. The van der Waals surface area contributed by atoms with Crippen LogP contribution in [0.4, 0.5) is 0 Å². The van der Waals surface area contributed by atoms with Gasteiger partial charge >= 0.3 is 11.9 Å². The molecule has 2 N–H and O–H groups in total. The summed E-state index contributed by atoms with van der Waals surface area (Å²) in [7, 11) is 0. The van der Waals surface area contributed by atoms with Crippen molar-refractivity contribution in [2.24, 2.45) is 0 Å². The highest BCUT2D eigenvalue weighted by molar-refractivity contribution is 5.95. The summed E-state index contributed by atoms with van der Waals surface area (Å²) in [5, 5.41) is 10.1. The van der Waals surface area contributed by atoms with Gasteiger partial charge in [0.25, 0.3) is 0 Å². The summed E-state index contributed by atoms with van der Waals surface area (Å²) in [4.78, 5) is 35.7. The van der Waals surface area contributed by atoms with E-state index in [-0.39, 0.29) is 17.1 Å². The fourth-order valence-electron chi connectivity index (χ4n) is 2.66. The highest BCUT2D eigenvalue weighted by Crippen LogP contribution is 2.22. The maximum atomic E-state index is 12.1. The minimum Gasteiger partial charge on any atom is -0.504 e. The van der Waals surface area contributed by atoms with E-state index < -0.39 is 11.9 Å². The van der Waals surface area contributed by atoms with Crippen LogP contribution < -0.4 is 5.48 Å². The van der Waals surface area contributed by atoms with Gasteiger partial charge in [0.1, 0.15) is 5.82 Å². The average Bonchev–Trinajstić information content (AvgIpc) is 2.70. The van der Waals surface area contributed by atoms with E-state index in [1.807, 2.05) is 60.1 Å². The number of hydrogen-bond donors (Lipinski definition) is 2. The van der Waals surface area contributed by atoms with Crippen molar-refractivity contribution >= 4 is 11.9 Å². The molecule has 0 radical (unpaired) electrons. The molecule has 3 rings (SSSR count). The summed E-state index contributed by atoms with van der Waals surface area (Å²) in [5.41, 5.74) is 5.13. The fourth-order valence-corrected chi connectivity index (χ4v) is 2.66. The number of carbonyl (C=O) groups excluding carboxylic acids is 2. The molecule has 1 amide bonds. The Morgan fingerprint density at radius 1 is 1.00 bits per heavy atom. The van der Waals surface area contributed by atoms with Crippen molar-refractivity contribution in [3.8, 4) is 16.9 Å². The smallest absolute Gasteiger partial charge is 0.329 e. The summed E-state index contributed by atoms with van der Waals surface area (Å²) >= 11 is 0. The number of hydrogen-bond acceptors (Lipinski definition) is 6. The van der Waals surface area contributed by atoms with Crippen LogP contribution in [0.15, 0.2) is 54.6 Å². The van der Waals surface area contributed by atoms with Crippen LogP contribution in [0.2, 0.25) is 0 Å². The molecule has 2 aromatic carbocycles. The molecule has 0 aliphatic carbocycles. The van der Waals surface area contributed by atoms with E-state index in [0.717, 1.165) is 23.6 Å². The molecule has 0 spiro atoms. The van der Waals surface area contributed by atoms with Crippen molar-refractivity contribution in [3.63, 3.8) is 0 Å². The Labute approximate surface area is 162 Å². The lowest BCUT2D eigenvalue weighted by Crippen LogP contribution is -2.27. The second-order valence-electron chi connectivity index (χ2n) is 6.19. The minimum atomic E-state index is -0.820. The first-order chi connectivity index (χ1) is 13.4. The molecule has 0 saturated carbocycles. The molecule has 142 valence electrons. The first-order valence-corrected chi connectivity index (χ1v) is 8.62. The number of amides is 1. The number of hydroxylamine groups is 1. The summed E-state index contributed by atoms with van der Waals surface area (Å²) in [6, 6.07) is 18.0. The quantitative estimate of drug-likeness (QED) is 0.678. The fraction of sp³-hybridized carbons (Fsp3) is 0.143. The predicted octanol–water partition coefficient (Wildman–Crippen LogP) is 2.96. The van der Waals surface area contributed by atoms with E-state index in [1.54, 1.807) is 6.92 Å². The second-order valence-corrected chi connectivity index (χ2v) is 6.19. The number of aryl methyl sites for hydroxylation is 1. The predicted molar refractivity (Wildman–Crippen MR) is 102 cm³/mol. The van der Waals surface area contributed by atoms with Gasteiger partial charge < -0.3 is 9.94 Å². The lowest BCUT2D eigenvalue weighted by molar-refractivity contribution is -0.146. The van der Waals surface area contributed by atoms with E-state index >= 15 is 0 Å². The molecule has 0 fully saturated rings. The molecular weight excluding hydrogens is 358 g/mol. The Hall–Kier alpha value is -3.74. The summed E-state index contributed by atoms with van der Waals surface area (Å²) in [5.74, 6) is -1.49. The zero-order chi connectivity index (χ0) is 20.1. The Kier molecular flexibility index (Phi) is 5.64. The Bertz CT molecular complexity index is 1000. The molecule has 0 aliphatic rings. The van der Waals surface area contributed by atoms with Gasteiger partial charge in [-0.05, 0) is 23.6 Å².